The standard InChI is InChI=1S/C16H20F3N3OS.ClH/c1-22(11-16(17,18)19)7-2-8-23-13-5-3-12(4-6-13)15-21-10-14(9-20)24-15;/h3-6,10H,2,7-9,11,20H2,1H3;1H. The highest BCUT2D eigenvalue weighted by Gasteiger charge is 2.28. The van der Waals surface area contributed by atoms with Crippen molar-refractivity contribution >= 4 is 23.7 Å². The summed E-state index contributed by atoms with van der Waals surface area (Å²) in [6, 6.07) is 7.48. The summed E-state index contributed by atoms with van der Waals surface area (Å²) in [6.45, 7) is 0.274. The first-order valence-electron chi connectivity index (χ1n) is 7.50. The Morgan fingerprint density at radius 3 is 2.48 bits per heavy atom. The maximum atomic E-state index is 12.2. The highest BCUT2D eigenvalue weighted by Crippen LogP contribution is 2.26. The van der Waals surface area contributed by atoms with Gasteiger partial charge in [-0.3, -0.25) is 4.90 Å². The van der Waals surface area contributed by atoms with Crippen LogP contribution in [-0.4, -0.2) is 42.8 Å². The van der Waals surface area contributed by atoms with Crippen molar-refractivity contribution in [3.63, 3.8) is 0 Å². The first kappa shape index (κ1) is 21.7. The Kier molecular flexibility index (Phi) is 8.64. The summed E-state index contributed by atoms with van der Waals surface area (Å²) < 4.78 is 42.2. The number of nitrogens with two attached hydrogens (primary N) is 1. The first-order chi connectivity index (χ1) is 11.4. The van der Waals surface area contributed by atoms with Gasteiger partial charge in [-0.1, -0.05) is 0 Å². The van der Waals surface area contributed by atoms with Crippen molar-refractivity contribution < 1.29 is 17.9 Å². The van der Waals surface area contributed by atoms with E-state index in [1.54, 1.807) is 17.5 Å². The summed E-state index contributed by atoms with van der Waals surface area (Å²) in [5, 5.41) is 0.899. The Hall–Kier alpha value is -1.35. The smallest absolute Gasteiger partial charge is 0.401 e. The number of rotatable bonds is 8. The zero-order chi connectivity index (χ0) is 17.6. The molecule has 0 radical (unpaired) electrons. The lowest BCUT2D eigenvalue weighted by Crippen LogP contribution is -2.32. The van der Waals surface area contributed by atoms with Gasteiger partial charge in [0.2, 0.25) is 0 Å². The van der Waals surface area contributed by atoms with E-state index in [-0.39, 0.29) is 12.4 Å². The molecule has 2 aromatic rings. The largest absolute Gasteiger partial charge is 0.494 e. The van der Waals surface area contributed by atoms with E-state index in [1.807, 2.05) is 24.3 Å². The second-order valence-electron chi connectivity index (χ2n) is 5.42. The number of halogens is 4. The van der Waals surface area contributed by atoms with Crippen molar-refractivity contribution in [2.75, 3.05) is 26.7 Å². The van der Waals surface area contributed by atoms with Crippen molar-refractivity contribution in [3.05, 3.63) is 35.3 Å². The molecule has 0 unspecified atom stereocenters. The van der Waals surface area contributed by atoms with Crippen molar-refractivity contribution in [2.45, 2.75) is 19.1 Å². The molecule has 25 heavy (non-hydrogen) atoms. The minimum absolute atomic E-state index is 0. The number of aromatic nitrogens is 1. The molecule has 0 saturated carbocycles. The van der Waals surface area contributed by atoms with Crippen LogP contribution in [0.25, 0.3) is 10.6 Å². The van der Waals surface area contributed by atoms with Crippen LogP contribution >= 0.6 is 23.7 Å². The SMILES string of the molecule is CN(CCCOc1ccc(-c2ncc(CN)s2)cc1)CC(F)(F)F.Cl. The maximum absolute atomic E-state index is 12.2. The molecule has 140 valence electrons. The average Bonchev–Trinajstić information content (AvgIpc) is 2.99. The van der Waals surface area contributed by atoms with E-state index in [4.69, 9.17) is 10.5 Å². The molecule has 0 amide bonds. The van der Waals surface area contributed by atoms with Gasteiger partial charge in [-0.25, -0.2) is 4.98 Å². The normalized spacial score (nSPS) is 11.4. The van der Waals surface area contributed by atoms with Crippen molar-refractivity contribution in [3.8, 4) is 16.3 Å². The van der Waals surface area contributed by atoms with Gasteiger partial charge in [0.25, 0.3) is 0 Å². The molecule has 0 spiro atoms. The van der Waals surface area contributed by atoms with Crippen molar-refractivity contribution in [1.29, 1.82) is 0 Å². The van der Waals surface area contributed by atoms with Crippen molar-refractivity contribution in [1.82, 2.24) is 9.88 Å². The van der Waals surface area contributed by atoms with Gasteiger partial charge >= 0.3 is 6.18 Å². The Morgan fingerprint density at radius 2 is 1.92 bits per heavy atom. The van der Waals surface area contributed by atoms with Crippen LogP contribution in [0.5, 0.6) is 5.75 Å². The molecule has 1 aromatic heterocycles. The second kappa shape index (κ2) is 9.96. The van der Waals surface area contributed by atoms with Crippen LogP contribution in [0.1, 0.15) is 11.3 Å². The summed E-state index contributed by atoms with van der Waals surface area (Å²) in [4.78, 5) is 6.57. The maximum Gasteiger partial charge on any atom is 0.401 e. The Bertz CT molecular complexity index is 634. The predicted octanol–water partition coefficient (Wildman–Crippen LogP) is 3.95. The van der Waals surface area contributed by atoms with Gasteiger partial charge in [-0.15, -0.1) is 23.7 Å². The van der Waals surface area contributed by atoms with Crippen molar-refractivity contribution in [2.24, 2.45) is 5.73 Å². The molecule has 4 nitrogen and oxygen atoms in total. The summed E-state index contributed by atoms with van der Waals surface area (Å²) in [6.07, 6.45) is -1.87. The van der Waals surface area contributed by atoms with E-state index in [1.165, 1.54) is 11.9 Å². The molecule has 1 heterocycles. The number of alkyl halides is 3. The van der Waals surface area contributed by atoms with E-state index in [0.29, 0.717) is 31.9 Å². The number of ether oxygens (including phenoxy) is 1. The Morgan fingerprint density at radius 1 is 1.24 bits per heavy atom. The van der Waals surface area contributed by atoms with Crippen LogP contribution in [0.2, 0.25) is 0 Å². The molecule has 1 aromatic carbocycles. The molecule has 0 fully saturated rings. The van der Waals surface area contributed by atoms with Crippen LogP contribution < -0.4 is 10.5 Å². The van der Waals surface area contributed by atoms with Gasteiger partial charge in [0.05, 0.1) is 13.2 Å². The number of benzene rings is 1. The van der Waals surface area contributed by atoms with E-state index < -0.39 is 12.7 Å². The molecule has 0 aliphatic heterocycles. The molecule has 0 saturated heterocycles. The fourth-order valence-electron chi connectivity index (χ4n) is 2.14. The molecule has 0 atom stereocenters. The highest BCUT2D eigenvalue weighted by molar-refractivity contribution is 7.15. The van der Waals surface area contributed by atoms with Gasteiger partial charge in [0.15, 0.2) is 0 Å². The minimum atomic E-state index is -4.16. The van der Waals surface area contributed by atoms with Crippen LogP contribution in [0.15, 0.2) is 30.5 Å². The van der Waals surface area contributed by atoms with E-state index in [0.717, 1.165) is 15.4 Å². The zero-order valence-electron chi connectivity index (χ0n) is 13.8. The van der Waals surface area contributed by atoms with Gasteiger partial charge in [0.1, 0.15) is 10.8 Å². The molecule has 0 aliphatic rings. The highest BCUT2D eigenvalue weighted by atomic mass is 35.5. The Balaban J connectivity index is 0.00000312. The van der Waals surface area contributed by atoms with Crippen LogP contribution in [-0.2, 0) is 6.54 Å². The van der Waals surface area contributed by atoms with E-state index in [2.05, 4.69) is 4.98 Å². The third-order valence-electron chi connectivity index (χ3n) is 3.26. The molecule has 2 N–H and O–H groups in total. The Labute approximate surface area is 155 Å². The van der Waals surface area contributed by atoms with Gasteiger partial charge in [-0.2, -0.15) is 13.2 Å². The molecular weight excluding hydrogens is 375 g/mol. The summed E-state index contributed by atoms with van der Waals surface area (Å²) in [5.41, 5.74) is 6.56. The fraction of sp³-hybridized carbons (Fsp3) is 0.438. The second-order valence-corrected chi connectivity index (χ2v) is 6.53. The minimum Gasteiger partial charge on any atom is -0.494 e. The fourth-order valence-corrected chi connectivity index (χ4v) is 2.94. The third kappa shape index (κ3) is 7.60. The van der Waals surface area contributed by atoms with E-state index >= 15 is 0 Å². The monoisotopic (exact) mass is 395 g/mol. The van der Waals surface area contributed by atoms with Gasteiger partial charge < -0.3 is 10.5 Å². The number of hydrogen-bond donors (Lipinski definition) is 1. The van der Waals surface area contributed by atoms with Crippen LogP contribution in [0.4, 0.5) is 13.2 Å². The third-order valence-corrected chi connectivity index (χ3v) is 4.33. The van der Waals surface area contributed by atoms with E-state index in [9.17, 15) is 13.2 Å². The summed E-state index contributed by atoms with van der Waals surface area (Å²) in [7, 11) is 1.45. The quantitative estimate of drug-likeness (QED) is 0.687. The lowest BCUT2D eigenvalue weighted by atomic mass is 10.2. The van der Waals surface area contributed by atoms with Crippen LogP contribution in [0.3, 0.4) is 0 Å². The lowest BCUT2D eigenvalue weighted by Gasteiger charge is -2.18. The molecule has 0 aliphatic carbocycles. The molecule has 0 bridgehead atoms. The topological polar surface area (TPSA) is 51.4 Å². The number of thiazole rings is 1. The predicted molar refractivity (Wildman–Crippen MR) is 96.4 cm³/mol. The van der Waals surface area contributed by atoms with Crippen LogP contribution in [0, 0.1) is 0 Å². The molecule has 2 rings (SSSR count). The number of nitrogens with zero attached hydrogens (tertiary/aromatic N) is 2. The van der Waals surface area contributed by atoms with Gasteiger partial charge in [-0.05, 0) is 37.7 Å². The molecule has 9 heteroatoms. The first-order valence-corrected chi connectivity index (χ1v) is 8.32. The average molecular weight is 396 g/mol. The lowest BCUT2D eigenvalue weighted by molar-refractivity contribution is -0.143. The number of hydrogen-bond acceptors (Lipinski definition) is 5. The molecular formula is C16H21ClF3N3OS. The summed E-state index contributed by atoms with van der Waals surface area (Å²) in [5.74, 6) is 0.688. The summed E-state index contributed by atoms with van der Waals surface area (Å²) >= 11 is 1.55. The van der Waals surface area contributed by atoms with Gasteiger partial charge in [0, 0.05) is 29.7 Å². The zero-order valence-corrected chi connectivity index (χ0v) is 15.4.